The van der Waals surface area contributed by atoms with E-state index in [4.69, 9.17) is 0 Å². The second-order valence-electron chi connectivity index (χ2n) is 4.81. The Morgan fingerprint density at radius 3 is 2.67 bits per heavy atom. The van der Waals surface area contributed by atoms with Crippen LogP contribution < -0.4 is 10.9 Å². The third kappa shape index (κ3) is 3.92. The van der Waals surface area contributed by atoms with E-state index in [0.29, 0.717) is 19.6 Å². The largest absolute Gasteiger partial charge is 0.343 e. The molecule has 0 spiro atoms. The molecule has 0 saturated heterocycles. The van der Waals surface area contributed by atoms with Crippen molar-refractivity contribution in [1.29, 1.82) is 0 Å². The van der Waals surface area contributed by atoms with Crippen LogP contribution in [-0.2, 0) is 11.3 Å². The SMILES string of the molecule is CCN(CC)CNC(=O)CCn1sc2ccccc2c1=O. The normalized spacial score (nSPS) is 11.2. The number of carbonyl (C=O) groups is 1. The van der Waals surface area contributed by atoms with Gasteiger partial charge in [0, 0.05) is 13.0 Å². The second-order valence-corrected chi connectivity index (χ2v) is 5.87. The van der Waals surface area contributed by atoms with Crippen molar-refractivity contribution in [3.8, 4) is 0 Å². The number of nitrogens with zero attached hydrogens (tertiary/aromatic N) is 2. The molecule has 0 atom stereocenters. The highest BCUT2D eigenvalue weighted by Gasteiger charge is 2.09. The minimum Gasteiger partial charge on any atom is -0.343 e. The van der Waals surface area contributed by atoms with Crippen molar-refractivity contribution in [2.75, 3.05) is 19.8 Å². The van der Waals surface area contributed by atoms with E-state index in [1.165, 1.54) is 11.5 Å². The Morgan fingerprint density at radius 2 is 2.00 bits per heavy atom. The quantitative estimate of drug-likeness (QED) is 0.795. The van der Waals surface area contributed by atoms with Gasteiger partial charge in [-0.2, -0.15) is 0 Å². The standard InChI is InChI=1S/C15H21N3O2S/c1-3-17(4-2)11-16-14(19)9-10-18-15(20)12-7-5-6-8-13(12)21-18/h5-8H,3-4,9-11H2,1-2H3,(H,16,19). The first-order valence-electron chi connectivity index (χ1n) is 7.23. The van der Waals surface area contributed by atoms with Crippen molar-refractivity contribution in [3.05, 3.63) is 34.6 Å². The lowest BCUT2D eigenvalue weighted by atomic mass is 10.3. The van der Waals surface area contributed by atoms with Crippen molar-refractivity contribution < 1.29 is 4.79 Å². The van der Waals surface area contributed by atoms with Gasteiger partial charge in [0.25, 0.3) is 5.56 Å². The van der Waals surface area contributed by atoms with E-state index in [1.807, 2.05) is 24.3 Å². The molecule has 21 heavy (non-hydrogen) atoms. The van der Waals surface area contributed by atoms with Gasteiger partial charge in [0.1, 0.15) is 0 Å². The molecule has 114 valence electrons. The lowest BCUT2D eigenvalue weighted by molar-refractivity contribution is -0.121. The number of nitrogens with one attached hydrogen (secondary N) is 1. The molecule has 1 heterocycles. The number of fused-ring (bicyclic) bond motifs is 1. The van der Waals surface area contributed by atoms with E-state index < -0.39 is 0 Å². The third-order valence-electron chi connectivity index (χ3n) is 3.49. The Kier molecular flexibility index (Phi) is 5.52. The zero-order valence-electron chi connectivity index (χ0n) is 12.5. The number of carbonyl (C=O) groups excluding carboxylic acids is 1. The highest BCUT2D eigenvalue weighted by Crippen LogP contribution is 2.15. The predicted molar refractivity (Wildman–Crippen MR) is 86.6 cm³/mol. The molecule has 0 fully saturated rings. The molecule has 0 aliphatic rings. The first-order chi connectivity index (χ1) is 10.2. The van der Waals surface area contributed by atoms with Crippen LogP contribution in [0.1, 0.15) is 20.3 Å². The molecular formula is C15H21N3O2S. The summed E-state index contributed by atoms with van der Waals surface area (Å²) in [6.07, 6.45) is 0.327. The molecule has 0 bridgehead atoms. The molecule has 1 aromatic carbocycles. The Morgan fingerprint density at radius 1 is 1.29 bits per heavy atom. The van der Waals surface area contributed by atoms with Crippen LogP contribution in [0.2, 0.25) is 0 Å². The fraction of sp³-hybridized carbons (Fsp3) is 0.467. The topological polar surface area (TPSA) is 54.3 Å². The summed E-state index contributed by atoms with van der Waals surface area (Å²) in [4.78, 5) is 26.1. The molecule has 2 rings (SSSR count). The fourth-order valence-corrected chi connectivity index (χ4v) is 3.10. The summed E-state index contributed by atoms with van der Waals surface area (Å²) in [5.41, 5.74) is -0.00728. The van der Waals surface area contributed by atoms with E-state index in [1.54, 1.807) is 3.96 Å². The summed E-state index contributed by atoms with van der Waals surface area (Å²) in [6, 6.07) is 7.53. The fourth-order valence-electron chi connectivity index (χ4n) is 2.10. The summed E-state index contributed by atoms with van der Waals surface area (Å²) in [5.74, 6) is -0.0220. The summed E-state index contributed by atoms with van der Waals surface area (Å²) >= 11 is 1.41. The van der Waals surface area contributed by atoms with E-state index in [9.17, 15) is 9.59 Å². The van der Waals surface area contributed by atoms with E-state index in [0.717, 1.165) is 23.2 Å². The van der Waals surface area contributed by atoms with Crippen LogP contribution in [0.5, 0.6) is 0 Å². The van der Waals surface area contributed by atoms with Gasteiger partial charge in [-0.1, -0.05) is 37.5 Å². The minimum absolute atomic E-state index is 0.00728. The molecule has 5 nitrogen and oxygen atoms in total. The molecule has 0 radical (unpaired) electrons. The molecule has 1 N–H and O–H groups in total. The van der Waals surface area contributed by atoms with E-state index in [2.05, 4.69) is 24.1 Å². The molecule has 2 aromatic rings. The summed E-state index contributed by atoms with van der Waals surface area (Å²) < 4.78 is 2.62. The van der Waals surface area contributed by atoms with Gasteiger partial charge >= 0.3 is 0 Å². The third-order valence-corrected chi connectivity index (χ3v) is 4.61. The number of aromatic nitrogens is 1. The number of amides is 1. The summed E-state index contributed by atoms with van der Waals surface area (Å²) in [6.45, 7) is 6.94. The average Bonchev–Trinajstić information content (AvgIpc) is 2.83. The van der Waals surface area contributed by atoms with Crippen LogP contribution in [0.3, 0.4) is 0 Å². The van der Waals surface area contributed by atoms with Gasteiger partial charge in [0.15, 0.2) is 0 Å². The molecule has 0 unspecified atom stereocenters. The maximum Gasteiger partial charge on any atom is 0.268 e. The Labute approximate surface area is 128 Å². The Balaban J connectivity index is 1.91. The highest BCUT2D eigenvalue weighted by molar-refractivity contribution is 7.13. The van der Waals surface area contributed by atoms with Crippen LogP contribution in [-0.4, -0.2) is 34.5 Å². The molecule has 1 aromatic heterocycles. The second kappa shape index (κ2) is 7.38. The van der Waals surface area contributed by atoms with Crippen molar-refractivity contribution in [2.24, 2.45) is 0 Å². The number of hydrogen-bond donors (Lipinski definition) is 1. The average molecular weight is 307 g/mol. The van der Waals surface area contributed by atoms with Gasteiger partial charge < -0.3 is 5.32 Å². The van der Waals surface area contributed by atoms with Crippen molar-refractivity contribution in [3.63, 3.8) is 0 Å². The molecule has 1 amide bonds. The van der Waals surface area contributed by atoms with Crippen LogP contribution >= 0.6 is 11.5 Å². The number of benzene rings is 1. The van der Waals surface area contributed by atoms with Gasteiger partial charge in [-0.15, -0.1) is 0 Å². The van der Waals surface area contributed by atoms with Gasteiger partial charge in [0.2, 0.25) is 5.91 Å². The zero-order valence-corrected chi connectivity index (χ0v) is 13.3. The number of hydrogen-bond acceptors (Lipinski definition) is 4. The minimum atomic E-state index is -0.0220. The lowest BCUT2D eigenvalue weighted by Gasteiger charge is -2.18. The van der Waals surface area contributed by atoms with Crippen LogP contribution in [0.4, 0.5) is 0 Å². The van der Waals surface area contributed by atoms with Crippen molar-refractivity contribution in [1.82, 2.24) is 14.2 Å². The van der Waals surface area contributed by atoms with Gasteiger partial charge in [-0.3, -0.25) is 18.4 Å². The van der Waals surface area contributed by atoms with Crippen LogP contribution in [0.25, 0.3) is 10.1 Å². The Bertz CT molecular complexity index is 658. The number of rotatable bonds is 7. The van der Waals surface area contributed by atoms with Gasteiger partial charge in [-0.25, -0.2) is 0 Å². The Hall–Kier alpha value is -1.66. The molecule has 6 heteroatoms. The van der Waals surface area contributed by atoms with Crippen LogP contribution in [0.15, 0.2) is 29.1 Å². The maximum atomic E-state index is 12.1. The molecule has 0 aliphatic carbocycles. The van der Waals surface area contributed by atoms with Crippen molar-refractivity contribution in [2.45, 2.75) is 26.8 Å². The smallest absolute Gasteiger partial charge is 0.268 e. The van der Waals surface area contributed by atoms with Gasteiger partial charge in [-0.05, 0) is 25.2 Å². The first-order valence-corrected chi connectivity index (χ1v) is 8.01. The lowest BCUT2D eigenvalue weighted by Crippen LogP contribution is -2.37. The van der Waals surface area contributed by atoms with E-state index >= 15 is 0 Å². The molecular weight excluding hydrogens is 286 g/mol. The first kappa shape index (κ1) is 15.7. The number of aryl methyl sites for hydroxylation is 1. The maximum absolute atomic E-state index is 12.1. The summed E-state index contributed by atoms with van der Waals surface area (Å²) in [7, 11) is 0. The van der Waals surface area contributed by atoms with Crippen LogP contribution in [0, 0.1) is 0 Å². The monoisotopic (exact) mass is 307 g/mol. The molecule has 0 saturated carbocycles. The highest BCUT2D eigenvalue weighted by atomic mass is 32.1. The molecule has 0 aliphatic heterocycles. The zero-order chi connectivity index (χ0) is 15.2. The van der Waals surface area contributed by atoms with Crippen molar-refractivity contribution >= 4 is 27.5 Å². The predicted octanol–water partition coefficient (Wildman–Crippen LogP) is 1.87. The van der Waals surface area contributed by atoms with E-state index in [-0.39, 0.29) is 11.5 Å². The van der Waals surface area contributed by atoms with Gasteiger partial charge in [0.05, 0.1) is 16.8 Å². The summed E-state index contributed by atoms with van der Waals surface area (Å²) in [5, 5.41) is 3.61.